The number of hydrogen-bond acceptors (Lipinski definition) is 4. The molecule has 0 aliphatic carbocycles. The lowest BCUT2D eigenvalue weighted by Crippen LogP contribution is -2.45. The van der Waals surface area contributed by atoms with Crippen LogP contribution in [-0.2, 0) is 0 Å². The van der Waals surface area contributed by atoms with E-state index >= 15 is 0 Å². The number of carbonyl (C=O) groups is 4. The molecular weight excluding hydrogens is 708 g/mol. The van der Waals surface area contributed by atoms with Gasteiger partial charge in [0.25, 0.3) is 23.6 Å². The van der Waals surface area contributed by atoms with Crippen LogP contribution in [0.15, 0.2) is 57.5 Å². The maximum atomic E-state index is 14.6. The molecule has 46 heavy (non-hydrogen) atoms. The molecule has 0 unspecified atom stereocenters. The summed E-state index contributed by atoms with van der Waals surface area (Å²) in [5, 5.41) is 0.647. The fourth-order valence-corrected chi connectivity index (χ4v) is 8.11. The molecule has 2 aliphatic rings. The van der Waals surface area contributed by atoms with Gasteiger partial charge in [0.05, 0.1) is 33.6 Å². The summed E-state index contributed by atoms with van der Waals surface area (Å²) in [6.45, 7) is 16.3. The molecule has 4 aromatic carbocycles. The molecular formula is C38H36Br2N2O4. The van der Waals surface area contributed by atoms with E-state index in [0.29, 0.717) is 31.1 Å². The van der Waals surface area contributed by atoms with Gasteiger partial charge in [-0.2, -0.15) is 0 Å². The first-order valence-corrected chi connectivity index (χ1v) is 17.3. The number of halogens is 2. The Kier molecular flexibility index (Phi) is 8.13. The maximum absolute atomic E-state index is 14.6. The standard InChI is InChI=1S/C38H36Br2N2O4/c1-17(2)21-11-9-12-22(18(3)4)33(21)41-35(43)25-15-27(39)30-32-29(25)26(36(41)44)16-28(40)31(32)38(46)42(37(30)45)34-23(19(5)6)13-10-14-24(34)20(7)8/h9-20H,1-8H3. The summed E-state index contributed by atoms with van der Waals surface area (Å²) < 4.78 is 0.777. The van der Waals surface area contributed by atoms with Gasteiger partial charge in [-0.15, -0.1) is 0 Å². The van der Waals surface area contributed by atoms with Gasteiger partial charge in [-0.3, -0.25) is 19.2 Å². The van der Waals surface area contributed by atoms with Crippen LogP contribution in [0.1, 0.15) is 143 Å². The first-order chi connectivity index (χ1) is 21.7. The Morgan fingerprint density at radius 1 is 0.478 bits per heavy atom. The fourth-order valence-electron chi connectivity index (χ4n) is 6.92. The zero-order chi connectivity index (χ0) is 33.5. The average Bonchev–Trinajstić information content (AvgIpc) is 2.98. The van der Waals surface area contributed by atoms with Gasteiger partial charge in [0.15, 0.2) is 0 Å². The second-order valence-electron chi connectivity index (χ2n) is 13.4. The predicted molar refractivity (Wildman–Crippen MR) is 191 cm³/mol. The highest BCUT2D eigenvalue weighted by molar-refractivity contribution is 9.11. The number of imide groups is 2. The number of rotatable bonds is 6. The van der Waals surface area contributed by atoms with Crippen LogP contribution in [0.25, 0.3) is 10.8 Å². The highest BCUT2D eigenvalue weighted by atomic mass is 79.9. The number of carbonyl (C=O) groups excluding carboxylic acids is 4. The predicted octanol–water partition coefficient (Wildman–Crippen LogP) is 10.5. The van der Waals surface area contributed by atoms with Gasteiger partial charge in [-0.05, 0) is 89.9 Å². The third-order valence-electron chi connectivity index (χ3n) is 9.14. The van der Waals surface area contributed by atoms with E-state index in [1.807, 2.05) is 91.8 Å². The van der Waals surface area contributed by atoms with Gasteiger partial charge in [0.2, 0.25) is 0 Å². The third-order valence-corrected chi connectivity index (χ3v) is 10.4. The van der Waals surface area contributed by atoms with Gasteiger partial charge < -0.3 is 0 Å². The molecule has 4 aromatic rings. The Morgan fingerprint density at radius 2 is 0.783 bits per heavy atom. The lowest BCUT2D eigenvalue weighted by molar-refractivity contribution is 0.0871. The van der Waals surface area contributed by atoms with Gasteiger partial charge in [-0.25, -0.2) is 9.80 Å². The van der Waals surface area contributed by atoms with Crippen LogP contribution in [0.3, 0.4) is 0 Å². The first kappa shape index (κ1) is 32.3. The van der Waals surface area contributed by atoms with E-state index in [1.165, 1.54) is 9.80 Å². The van der Waals surface area contributed by atoms with Crippen LogP contribution in [0.4, 0.5) is 11.4 Å². The quantitative estimate of drug-likeness (QED) is 0.184. The molecule has 2 aliphatic heterocycles. The topological polar surface area (TPSA) is 74.8 Å². The van der Waals surface area contributed by atoms with Crippen molar-refractivity contribution in [1.29, 1.82) is 0 Å². The van der Waals surface area contributed by atoms with Gasteiger partial charge in [0, 0.05) is 19.7 Å². The fraction of sp³-hybridized carbons (Fsp3) is 0.316. The van der Waals surface area contributed by atoms with Gasteiger partial charge in [-0.1, -0.05) is 91.8 Å². The number of nitrogens with zero attached hydrogens (tertiary/aromatic N) is 2. The van der Waals surface area contributed by atoms with Crippen LogP contribution < -0.4 is 9.80 Å². The Hall–Kier alpha value is -3.62. The molecule has 6 nitrogen and oxygen atoms in total. The minimum absolute atomic E-state index is 0.0450. The average molecular weight is 745 g/mol. The SMILES string of the molecule is CC(C)c1cccc(C(C)C)c1N1C(=O)c2cc(Br)c3c4c(c(Br)cc(c24)C1=O)C(=O)N(c1c(C(C)C)cccc1C(C)C)C3=O. The van der Waals surface area contributed by atoms with Crippen molar-refractivity contribution in [3.63, 3.8) is 0 Å². The van der Waals surface area contributed by atoms with E-state index in [1.54, 1.807) is 12.1 Å². The third kappa shape index (κ3) is 4.62. The summed E-state index contributed by atoms with van der Waals surface area (Å²) in [6, 6.07) is 15.0. The Morgan fingerprint density at radius 3 is 1.09 bits per heavy atom. The Balaban J connectivity index is 1.65. The number of para-hydroxylation sites is 2. The molecule has 6 rings (SSSR count). The van der Waals surface area contributed by atoms with Crippen molar-refractivity contribution in [3.05, 3.63) is 102 Å². The molecule has 0 atom stereocenters. The second-order valence-corrected chi connectivity index (χ2v) is 15.1. The van der Waals surface area contributed by atoms with Crippen LogP contribution in [-0.4, -0.2) is 23.6 Å². The van der Waals surface area contributed by atoms with Crippen molar-refractivity contribution in [2.45, 2.75) is 79.1 Å². The van der Waals surface area contributed by atoms with E-state index in [2.05, 4.69) is 31.9 Å². The molecule has 0 radical (unpaired) electrons. The van der Waals surface area contributed by atoms with E-state index < -0.39 is 23.6 Å². The molecule has 0 spiro atoms. The minimum atomic E-state index is -0.496. The summed E-state index contributed by atoms with van der Waals surface area (Å²) in [5.74, 6) is -1.77. The zero-order valence-corrected chi connectivity index (χ0v) is 30.4. The van der Waals surface area contributed by atoms with Crippen LogP contribution in [0.5, 0.6) is 0 Å². The van der Waals surface area contributed by atoms with Crippen molar-refractivity contribution >= 4 is 77.6 Å². The zero-order valence-electron chi connectivity index (χ0n) is 27.2. The number of benzene rings is 4. The largest absolute Gasteiger partial charge is 0.268 e. The van der Waals surface area contributed by atoms with Crippen LogP contribution in [0.2, 0.25) is 0 Å². The Labute approximate surface area is 286 Å². The van der Waals surface area contributed by atoms with E-state index in [9.17, 15) is 19.2 Å². The highest BCUT2D eigenvalue weighted by Gasteiger charge is 2.45. The van der Waals surface area contributed by atoms with Crippen molar-refractivity contribution < 1.29 is 19.2 Å². The van der Waals surface area contributed by atoms with Gasteiger partial charge in [0.1, 0.15) is 0 Å². The highest BCUT2D eigenvalue weighted by Crippen LogP contribution is 2.48. The number of hydrogen-bond donors (Lipinski definition) is 0. The number of amides is 4. The van der Waals surface area contributed by atoms with Crippen molar-refractivity contribution in [1.82, 2.24) is 0 Å². The monoisotopic (exact) mass is 742 g/mol. The molecule has 0 bridgehead atoms. The molecule has 236 valence electrons. The van der Waals surface area contributed by atoms with E-state index in [-0.39, 0.29) is 45.9 Å². The van der Waals surface area contributed by atoms with Gasteiger partial charge >= 0.3 is 0 Å². The maximum Gasteiger partial charge on any atom is 0.267 e. The Bertz CT molecular complexity index is 1900. The molecule has 0 fully saturated rings. The van der Waals surface area contributed by atoms with E-state index in [4.69, 9.17) is 0 Å². The summed E-state index contributed by atoms with van der Waals surface area (Å²) in [5.41, 5.74) is 5.79. The molecule has 0 aromatic heterocycles. The van der Waals surface area contributed by atoms with Crippen molar-refractivity contribution in [2.75, 3.05) is 9.80 Å². The molecule has 0 saturated heterocycles. The smallest absolute Gasteiger partial charge is 0.267 e. The van der Waals surface area contributed by atoms with Crippen molar-refractivity contribution in [2.24, 2.45) is 0 Å². The van der Waals surface area contributed by atoms with Crippen LogP contribution in [0, 0.1) is 0 Å². The minimum Gasteiger partial charge on any atom is -0.268 e. The first-order valence-electron chi connectivity index (χ1n) is 15.7. The molecule has 8 heteroatoms. The molecule has 4 amide bonds. The molecule has 2 heterocycles. The summed E-state index contributed by atoms with van der Waals surface area (Å²) >= 11 is 7.26. The molecule has 0 saturated carbocycles. The van der Waals surface area contributed by atoms with Crippen molar-refractivity contribution in [3.8, 4) is 0 Å². The summed E-state index contributed by atoms with van der Waals surface area (Å²) in [4.78, 5) is 60.8. The van der Waals surface area contributed by atoms with Crippen LogP contribution >= 0.6 is 31.9 Å². The lowest BCUT2D eigenvalue weighted by atomic mass is 9.83. The summed E-state index contributed by atoms with van der Waals surface area (Å²) in [6.07, 6.45) is 0. The normalized spacial score (nSPS) is 14.7. The molecule has 0 N–H and O–H groups in total. The second kappa shape index (κ2) is 11.6. The summed E-state index contributed by atoms with van der Waals surface area (Å²) in [7, 11) is 0. The number of anilines is 2. The van der Waals surface area contributed by atoms with E-state index in [0.717, 1.165) is 22.3 Å². The lowest BCUT2D eigenvalue weighted by Gasteiger charge is -2.36.